The van der Waals surface area contributed by atoms with Gasteiger partial charge in [-0.15, -0.1) is 0 Å². The van der Waals surface area contributed by atoms with E-state index < -0.39 is 0 Å². The maximum absolute atomic E-state index is 12.2. The van der Waals surface area contributed by atoms with Crippen molar-refractivity contribution in [2.24, 2.45) is 5.92 Å². The Kier molecular flexibility index (Phi) is 5.06. The second kappa shape index (κ2) is 6.59. The molecule has 1 heterocycles. The Morgan fingerprint density at radius 3 is 2.75 bits per heavy atom. The summed E-state index contributed by atoms with van der Waals surface area (Å²) in [5.74, 6) is 0.347. The maximum Gasteiger partial charge on any atom is 0.223 e. The number of benzene rings is 1. The molecule has 5 heteroatoms. The summed E-state index contributed by atoms with van der Waals surface area (Å²) >= 11 is 11.7. The van der Waals surface area contributed by atoms with Gasteiger partial charge in [0.15, 0.2) is 5.78 Å². The lowest BCUT2D eigenvalue weighted by Gasteiger charge is -2.15. The minimum absolute atomic E-state index is 0.0665. The van der Waals surface area contributed by atoms with Gasteiger partial charge in [-0.1, -0.05) is 36.5 Å². The van der Waals surface area contributed by atoms with Crippen LogP contribution in [0.25, 0.3) is 0 Å². The molecule has 1 unspecified atom stereocenters. The van der Waals surface area contributed by atoms with Crippen molar-refractivity contribution in [1.82, 2.24) is 4.90 Å². The molecular weight excluding hydrogens is 297 g/mol. The maximum atomic E-state index is 12.2. The molecule has 1 aliphatic rings. The highest BCUT2D eigenvalue weighted by Gasteiger charge is 2.30. The molecule has 0 bridgehead atoms. The Balaban J connectivity index is 2.01. The number of likely N-dealkylation sites (tertiary alicyclic amines) is 1. The van der Waals surface area contributed by atoms with E-state index in [0.29, 0.717) is 34.5 Å². The molecule has 1 aromatic rings. The molecule has 0 radical (unpaired) electrons. The third kappa shape index (κ3) is 3.53. The van der Waals surface area contributed by atoms with Crippen LogP contribution in [0.5, 0.6) is 0 Å². The molecule has 20 heavy (non-hydrogen) atoms. The summed E-state index contributed by atoms with van der Waals surface area (Å²) in [4.78, 5) is 25.7. The summed E-state index contributed by atoms with van der Waals surface area (Å²) in [5.41, 5.74) is 0.492. The summed E-state index contributed by atoms with van der Waals surface area (Å²) in [6.45, 7) is 2.91. The Morgan fingerprint density at radius 1 is 1.35 bits per heavy atom. The van der Waals surface area contributed by atoms with E-state index in [-0.39, 0.29) is 18.2 Å². The number of amides is 1. The number of ketones is 1. The number of Topliss-reactive ketones (excluding diaryl/α,β-unsaturated/α-hetero) is 1. The van der Waals surface area contributed by atoms with Crippen molar-refractivity contribution in [3.05, 3.63) is 33.8 Å². The van der Waals surface area contributed by atoms with E-state index in [1.54, 1.807) is 23.1 Å². The number of carbonyl (C=O) groups is 2. The first-order chi connectivity index (χ1) is 9.51. The molecule has 1 saturated heterocycles. The van der Waals surface area contributed by atoms with E-state index >= 15 is 0 Å². The Labute approximate surface area is 128 Å². The third-order valence-electron chi connectivity index (χ3n) is 3.57. The van der Waals surface area contributed by atoms with Crippen LogP contribution in [-0.4, -0.2) is 29.7 Å². The first-order valence-electron chi connectivity index (χ1n) is 6.77. The van der Waals surface area contributed by atoms with Gasteiger partial charge in [-0.2, -0.15) is 0 Å². The fourth-order valence-corrected chi connectivity index (χ4v) is 2.84. The summed E-state index contributed by atoms with van der Waals surface area (Å²) in [6, 6.07) is 4.79. The van der Waals surface area contributed by atoms with E-state index in [9.17, 15) is 9.59 Å². The second-order valence-electron chi connectivity index (χ2n) is 5.19. The first-order valence-corrected chi connectivity index (χ1v) is 7.53. The second-order valence-corrected chi connectivity index (χ2v) is 6.00. The van der Waals surface area contributed by atoms with E-state index in [2.05, 4.69) is 6.92 Å². The molecule has 0 aliphatic carbocycles. The zero-order valence-electron chi connectivity index (χ0n) is 11.4. The molecule has 1 aliphatic heterocycles. The quantitative estimate of drug-likeness (QED) is 0.775. The molecule has 0 aromatic heterocycles. The average Bonchev–Trinajstić information content (AvgIpc) is 2.73. The number of hydrogen-bond donors (Lipinski definition) is 0. The molecule has 2 rings (SSSR count). The molecule has 0 N–H and O–H groups in total. The van der Waals surface area contributed by atoms with Crippen molar-refractivity contribution >= 4 is 34.9 Å². The van der Waals surface area contributed by atoms with Crippen molar-refractivity contribution in [2.45, 2.75) is 26.2 Å². The van der Waals surface area contributed by atoms with Crippen LogP contribution in [0.1, 0.15) is 36.5 Å². The van der Waals surface area contributed by atoms with Crippen LogP contribution in [-0.2, 0) is 4.79 Å². The molecule has 1 amide bonds. The molecule has 108 valence electrons. The lowest BCUT2D eigenvalue weighted by Crippen LogP contribution is -2.31. The van der Waals surface area contributed by atoms with Gasteiger partial charge in [0, 0.05) is 18.5 Å². The van der Waals surface area contributed by atoms with Crippen molar-refractivity contribution < 1.29 is 9.59 Å². The van der Waals surface area contributed by atoms with Gasteiger partial charge in [0.05, 0.1) is 16.6 Å². The zero-order chi connectivity index (χ0) is 14.7. The smallest absolute Gasteiger partial charge is 0.223 e. The van der Waals surface area contributed by atoms with E-state index in [1.165, 1.54) is 0 Å². The Bertz CT molecular complexity index is 531. The van der Waals surface area contributed by atoms with E-state index in [0.717, 1.165) is 12.8 Å². The topological polar surface area (TPSA) is 37.4 Å². The summed E-state index contributed by atoms with van der Waals surface area (Å²) in [5, 5.41) is 0.776. The van der Waals surface area contributed by atoms with Gasteiger partial charge >= 0.3 is 0 Å². The number of halogens is 2. The number of nitrogens with zero attached hydrogens (tertiary/aromatic N) is 1. The van der Waals surface area contributed by atoms with Gasteiger partial charge in [0.2, 0.25) is 5.91 Å². The van der Waals surface area contributed by atoms with Gasteiger partial charge in [-0.3, -0.25) is 9.59 Å². The molecule has 0 saturated carbocycles. The van der Waals surface area contributed by atoms with Crippen molar-refractivity contribution in [2.75, 3.05) is 13.1 Å². The predicted octanol–water partition coefficient (Wildman–Crippen LogP) is 3.82. The van der Waals surface area contributed by atoms with Crippen LogP contribution in [0.2, 0.25) is 10.0 Å². The minimum atomic E-state index is -0.103. The predicted molar refractivity (Wildman–Crippen MR) is 80.4 cm³/mol. The van der Waals surface area contributed by atoms with Gasteiger partial charge in [-0.05, 0) is 30.5 Å². The molecule has 3 nitrogen and oxygen atoms in total. The van der Waals surface area contributed by atoms with E-state index in [1.807, 2.05) is 0 Å². The summed E-state index contributed by atoms with van der Waals surface area (Å²) < 4.78 is 0. The number of rotatable bonds is 5. The summed E-state index contributed by atoms with van der Waals surface area (Å²) in [7, 11) is 0. The van der Waals surface area contributed by atoms with Crippen LogP contribution < -0.4 is 0 Å². The molecule has 0 spiro atoms. The SMILES string of the molecule is CCCC1CC(=O)N(CC(=O)c2ccc(Cl)c(Cl)c2)C1. The van der Waals surface area contributed by atoms with Gasteiger partial charge < -0.3 is 4.90 Å². The highest BCUT2D eigenvalue weighted by atomic mass is 35.5. The molecule has 1 aromatic carbocycles. The van der Waals surface area contributed by atoms with Gasteiger partial charge in [0.25, 0.3) is 0 Å². The minimum Gasteiger partial charge on any atom is -0.335 e. The van der Waals surface area contributed by atoms with Crippen LogP contribution in [0.3, 0.4) is 0 Å². The first kappa shape index (κ1) is 15.3. The largest absolute Gasteiger partial charge is 0.335 e. The van der Waals surface area contributed by atoms with Crippen molar-refractivity contribution in [3.8, 4) is 0 Å². The lowest BCUT2D eigenvalue weighted by atomic mass is 10.0. The Morgan fingerprint density at radius 2 is 2.10 bits per heavy atom. The summed E-state index contributed by atoms with van der Waals surface area (Å²) in [6.07, 6.45) is 2.65. The standard InChI is InChI=1S/C15H17Cl2NO2/c1-2-3-10-6-15(20)18(8-10)9-14(19)11-4-5-12(16)13(17)7-11/h4-5,7,10H,2-3,6,8-9H2,1H3. The van der Waals surface area contributed by atoms with Crippen LogP contribution >= 0.6 is 23.2 Å². The highest BCUT2D eigenvalue weighted by Crippen LogP contribution is 2.25. The van der Waals surface area contributed by atoms with Crippen LogP contribution in [0.15, 0.2) is 18.2 Å². The number of carbonyl (C=O) groups excluding carboxylic acids is 2. The van der Waals surface area contributed by atoms with Gasteiger partial charge in [-0.25, -0.2) is 0 Å². The zero-order valence-corrected chi connectivity index (χ0v) is 12.9. The highest BCUT2D eigenvalue weighted by molar-refractivity contribution is 6.42. The molecule has 1 fully saturated rings. The molecular formula is C15H17Cl2NO2. The monoisotopic (exact) mass is 313 g/mol. The van der Waals surface area contributed by atoms with Crippen LogP contribution in [0.4, 0.5) is 0 Å². The van der Waals surface area contributed by atoms with Crippen molar-refractivity contribution in [3.63, 3.8) is 0 Å². The molecule has 1 atom stereocenters. The van der Waals surface area contributed by atoms with Gasteiger partial charge in [0.1, 0.15) is 0 Å². The number of hydrogen-bond acceptors (Lipinski definition) is 2. The third-order valence-corrected chi connectivity index (χ3v) is 4.31. The Hall–Kier alpha value is -1.06. The fraction of sp³-hybridized carbons (Fsp3) is 0.467. The van der Waals surface area contributed by atoms with Crippen LogP contribution in [0, 0.1) is 5.92 Å². The van der Waals surface area contributed by atoms with E-state index in [4.69, 9.17) is 23.2 Å². The van der Waals surface area contributed by atoms with Crippen molar-refractivity contribution in [1.29, 1.82) is 0 Å². The fourth-order valence-electron chi connectivity index (χ4n) is 2.54. The normalized spacial score (nSPS) is 18.6. The average molecular weight is 314 g/mol. The lowest BCUT2D eigenvalue weighted by molar-refractivity contribution is -0.127.